The molecular weight excluding hydrogens is 455 g/mol. The molecule has 0 heterocycles. The molecule has 0 aliphatic rings. The summed E-state index contributed by atoms with van der Waals surface area (Å²) >= 11 is 2.02. The quantitative estimate of drug-likeness (QED) is 0.319. The van der Waals surface area contributed by atoms with Crippen molar-refractivity contribution in [3.63, 3.8) is 0 Å². The number of halogens is 1. The monoisotopic (exact) mass is 474 g/mol. The Balaban J connectivity index is 1.68. The average Bonchev–Trinajstić information content (AvgIpc) is 2.66. The number of hydrogen-bond acceptors (Lipinski definition) is 4. The number of nitrogens with one attached hydrogen (secondary N) is 1. The van der Waals surface area contributed by atoms with E-state index in [4.69, 9.17) is 4.74 Å². The van der Waals surface area contributed by atoms with Gasteiger partial charge in [-0.2, -0.15) is 5.10 Å². The molecule has 5 nitrogen and oxygen atoms in total. The van der Waals surface area contributed by atoms with Gasteiger partial charge in [0.1, 0.15) is 0 Å². The van der Waals surface area contributed by atoms with Crippen LogP contribution in [0.3, 0.4) is 0 Å². The number of phenols is 1. The van der Waals surface area contributed by atoms with Gasteiger partial charge in [0.15, 0.2) is 11.5 Å². The lowest BCUT2D eigenvalue weighted by molar-refractivity contribution is -0.120. The Morgan fingerprint density at radius 2 is 2.00 bits per heavy atom. The van der Waals surface area contributed by atoms with Crippen LogP contribution < -0.4 is 10.2 Å². The van der Waals surface area contributed by atoms with Gasteiger partial charge in [-0.3, -0.25) is 4.79 Å². The number of nitrogens with zero attached hydrogens (tertiary/aromatic N) is 1. The van der Waals surface area contributed by atoms with Crippen LogP contribution in [0.25, 0.3) is 10.8 Å². The zero-order chi connectivity index (χ0) is 19.2. The van der Waals surface area contributed by atoms with Crippen LogP contribution in [0, 0.1) is 3.57 Å². The molecule has 3 aromatic carbocycles. The predicted molar refractivity (Wildman–Crippen MR) is 115 cm³/mol. The second-order valence-electron chi connectivity index (χ2n) is 5.89. The van der Waals surface area contributed by atoms with Crippen LogP contribution in [-0.2, 0) is 11.2 Å². The number of phenolic OH excluding ortho intramolecular Hbond substituents is 1. The Kier molecular flexibility index (Phi) is 6.28. The Morgan fingerprint density at radius 1 is 1.22 bits per heavy atom. The van der Waals surface area contributed by atoms with Crippen molar-refractivity contribution in [2.45, 2.75) is 13.3 Å². The van der Waals surface area contributed by atoms with Gasteiger partial charge >= 0.3 is 0 Å². The van der Waals surface area contributed by atoms with E-state index >= 15 is 0 Å². The molecule has 138 valence electrons. The van der Waals surface area contributed by atoms with Crippen LogP contribution in [-0.4, -0.2) is 23.8 Å². The number of benzene rings is 3. The second kappa shape index (κ2) is 8.85. The van der Waals surface area contributed by atoms with Crippen LogP contribution in [0.15, 0.2) is 59.7 Å². The predicted octanol–water partition coefficient (Wildman–Crippen LogP) is 4.24. The molecule has 0 bridgehead atoms. The zero-order valence-corrected chi connectivity index (χ0v) is 16.9. The molecule has 1 amide bonds. The first-order valence-electron chi connectivity index (χ1n) is 8.52. The summed E-state index contributed by atoms with van der Waals surface area (Å²) in [4.78, 5) is 12.2. The number of carbonyl (C=O) groups excluding carboxylic acids is 1. The average molecular weight is 474 g/mol. The molecule has 3 aromatic rings. The third-order valence-corrected chi connectivity index (χ3v) is 4.81. The van der Waals surface area contributed by atoms with E-state index in [-0.39, 0.29) is 18.1 Å². The van der Waals surface area contributed by atoms with Gasteiger partial charge in [-0.15, -0.1) is 0 Å². The lowest BCUT2D eigenvalue weighted by Crippen LogP contribution is -2.19. The second-order valence-corrected chi connectivity index (χ2v) is 7.05. The maximum absolute atomic E-state index is 12.2. The van der Waals surface area contributed by atoms with Crippen LogP contribution >= 0.6 is 22.6 Å². The smallest absolute Gasteiger partial charge is 0.244 e. The fraction of sp³-hybridized carbons (Fsp3) is 0.143. The van der Waals surface area contributed by atoms with Gasteiger partial charge in [0.25, 0.3) is 0 Å². The van der Waals surface area contributed by atoms with E-state index in [2.05, 4.69) is 10.5 Å². The van der Waals surface area contributed by atoms with Gasteiger partial charge in [-0.05, 0) is 63.5 Å². The van der Waals surface area contributed by atoms with Crippen LogP contribution in [0.2, 0.25) is 0 Å². The number of ether oxygens (including phenoxy) is 1. The first-order valence-corrected chi connectivity index (χ1v) is 9.60. The summed E-state index contributed by atoms with van der Waals surface area (Å²) in [6.45, 7) is 2.30. The molecule has 3 rings (SSSR count). The molecule has 0 aromatic heterocycles. The minimum Gasteiger partial charge on any atom is -0.504 e. The topological polar surface area (TPSA) is 70.9 Å². The van der Waals surface area contributed by atoms with E-state index in [0.29, 0.717) is 15.9 Å². The summed E-state index contributed by atoms with van der Waals surface area (Å²) in [7, 11) is 0. The highest BCUT2D eigenvalue weighted by Gasteiger charge is 2.09. The molecule has 27 heavy (non-hydrogen) atoms. The van der Waals surface area contributed by atoms with Crippen molar-refractivity contribution < 1.29 is 14.6 Å². The highest BCUT2D eigenvalue weighted by atomic mass is 127. The van der Waals surface area contributed by atoms with Gasteiger partial charge in [-0.25, -0.2) is 5.43 Å². The van der Waals surface area contributed by atoms with Crippen LogP contribution in [0.1, 0.15) is 18.1 Å². The standard InChI is InChI=1S/C21H19IN2O3/c1-2-27-19-11-14(10-18(22)21(19)26)13-23-24-20(25)12-16-8-5-7-15-6-3-4-9-17(15)16/h3-11,13,26H,2,12H2,1H3,(H,24,25)/b23-13-. The first kappa shape index (κ1) is 19.2. The molecule has 0 aliphatic carbocycles. The number of amides is 1. The van der Waals surface area contributed by atoms with E-state index in [0.717, 1.165) is 21.9 Å². The molecule has 0 radical (unpaired) electrons. The van der Waals surface area contributed by atoms with E-state index in [9.17, 15) is 9.90 Å². The number of fused-ring (bicyclic) bond motifs is 1. The number of hydrazone groups is 1. The fourth-order valence-electron chi connectivity index (χ4n) is 2.77. The molecule has 0 saturated heterocycles. The van der Waals surface area contributed by atoms with Crippen molar-refractivity contribution >= 4 is 45.5 Å². The zero-order valence-electron chi connectivity index (χ0n) is 14.8. The Morgan fingerprint density at radius 3 is 2.81 bits per heavy atom. The van der Waals surface area contributed by atoms with Crippen LogP contribution in [0.4, 0.5) is 0 Å². The van der Waals surface area contributed by atoms with Crippen molar-refractivity contribution in [3.8, 4) is 11.5 Å². The van der Waals surface area contributed by atoms with Crippen molar-refractivity contribution in [3.05, 3.63) is 69.3 Å². The molecule has 0 fully saturated rings. The summed E-state index contributed by atoms with van der Waals surface area (Å²) < 4.78 is 6.06. The van der Waals surface area contributed by atoms with E-state index in [1.165, 1.54) is 6.21 Å². The number of rotatable bonds is 6. The van der Waals surface area contributed by atoms with Crippen molar-refractivity contribution in [2.75, 3.05) is 6.61 Å². The van der Waals surface area contributed by atoms with E-state index in [1.54, 1.807) is 12.1 Å². The lowest BCUT2D eigenvalue weighted by atomic mass is 10.0. The minimum atomic E-state index is -0.193. The summed E-state index contributed by atoms with van der Waals surface area (Å²) in [5, 5.41) is 16.2. The molecular formula is C21H19IN2O3. The fourth-order valence-corrected chi connectivity index (χ4v) is 3.40. The highest BCUT2D eigenvalue weighted by molar-refractivity contribution is 14.1. The number of hydrogen-bond donors (Lipinski definition) is 2. The molecule has 0 unspecified atom stereocenters. The van der Waals surface area contributed by atoms with Crippen molar-refractivity contribution in [2.24, 2.45) is 5.10 Å². The molecule has 0 saturated carbocycles. The largest absolute Gasteiger partial charge is 0.504 e. The van der Waals surface area contributed by atoms with Gasteiger partial charge in [0.05, 0.1) is 22.8 Å². The molecule has 2 N–H and O–H groups in total. The van der Waals surface area contributed by atoms with E-state index in [1.807, 2.05) is 72.0 Å². The summed E-state index contributed by atoms with van der Waals surface area (Å²) in [5.41, 5.74) is 4.24. The Labute approximate surface area is 171 Å². The molecule has 0 aliphatic heterocycles. The number of carbonyl (C=O) groups is 1. The van der Waals surface area contributed by atoms with Crippen molar-refractivity contribution in [1.82, 2.24) is 5.43 Å². The molecule has 0 spiro atoms. The van der Waals surface area contributed by atoms with E-state index < -0.39 is 0 Å². The van der Waals surface area contributed by atoms with Gasteiger partial charge in [0, 0.05) is 0 Å². The number of aromatic hydroxyl groups is 1. The van der Waals surface area contributed by atoms with Crippen molar-refractivity contribution in [1.29, 1.82) is 0 Å². The first-order chi connectivity index (χ1) is 13.1. The third kappa shape index (κ3) is 4.77. The lowest BCUT2D eigenvalue weighted by Gasteiger charge is -2.08. The molecule has 0 atom stereocenters. The van der Waals surface area contributed by atoms with Gasteiger partial charge in [-0.1, -0.05) is 42.5 Å². The highest BCUT2D eigenvalue weighted by Crippen LogP contribution is 2.32. The SMILES string of the molecule is CCOc1cc(/C=N\NC(=O)Cc2cccc3ccccc23)cc(I)c1O. The molecule has 6 heteroatoms. The summed E-state index contributed by atoms with van der Waals surface area (Å²) in [5.74, 6) is 0.309. The maximum Gasteiger partial charge on any atom is 0.244 e. The Bertz CT molecular complexity index is 997. The van der Waals surface area contributed by atoms with Gasteiger partial charge in [0.2, 0.25) is 5.91 Å². The van der Waals surface area contributed by atoms with Gasteiger partial charge < -0.3 is 9.84 Å². The van der Waals surface area contributed by atoms with Crippen LogP contribution in [0.5, 0.6) is 11.5 Å². The maximum atomic E-state index is 12.2. The third-order valence-electron chi connectivity index (χ3n) is 3.98. The Hall–Kier alpha value is -2.61. The summed E-state index contributed by atoms with van der Waals surface area (Å²) in [6, 6.07) is 17.3. The normalized spacial score (nSPS) is 11.0. The minimum absolute atomic E-state index is 0.106. The summed E-state index contributed by atoms with van der Waals surface area (Å²) in [6.07, 6.45) is 1.78.